The molecule has 0 unspecified atom stereocenters. The van der Waals surface area contributed by atoms with E-state index >= 15 is 0 Å². The van der Waals surface area contributed by atoms with E-state index in [4.69, 9.17) is 4.74 Å². The Bertz CT molecular complexity index is 750. The third kappa shape index (κ3) is 4.66. The molecule has 0 aliphatic carbocycles. The quantitative estimate of drug-likeness (QED) is 0.822. The Labute approximate surface area is 151 Å². The average molecular weight is 359 g/mol. The minimum absolute atomic E-state index is 0.0765. The predicted molar refractivity (Wildman–Crippen MR) is 97.0 cm³/mol. The van der Waals surface area contributed by atoms with Gasteiger partial charge in [-0.25, -0.2) is 9.37 Å². The van der Waals surface area contributed by atoms with Crippen LogP contribution in [0.3, 0.4) is 0 Å². The van der Waals surface area contributed by atoms with E-state index in [1.165, 1.54) is 13.2 Å². The van der Waals surface area contributed by atoms with Gasteiger partial charge in [-0.05, 0) is 31.0 Å². The number of hydrogen-bond acceptors (Lipinski definition) is 6. The van der Waals surface area contributed by atoms with Crippen molar-refractivity contribution in [3.05, 3.63) is 42.3 Å². The topological polar surface area (TPSA) is 79.4 Å². The molecule has 2 N–H and O–H groups in total. The lowest BCUT2D eigenvalue weighted by Crippen LogP contribution is -2.46. The van der Waals surface area contributed by atoms with Crippen molar-refractivity contribution in [2.45, 2.75) is 18.9 Å². The fourth-order valence-corrected chi connectivity index (χ4v) is 2.90. The van der Waals surface area contributed by atoms with Crippen molar-refractivity contribution in [3.63, 3.8) is 0 Å². The maximum atomic E-state index is 13.8. The lowest BCUT2D eigenvalue weighted by molar-refractivity contribution is -0.125. The summed E-state index contributed by atoms with van der Waals surface area (Å²) >= 11 is 0. The Hall–Kier alpha value is -2.74. The summed E-state index contributed by atoms with van der Waals surface area (Å²) in [5, 5.41) is 5.93. The van der Waals surface area contributed by atoms with E-state index in [0.29, 0.717) is 17.5 Å². The molecule has 7 nitrogen and oxygen atoms in total. The molecule has 0 atom stereocenters. The highest BCUT2D eigenvalue weighted by atomic mass is 19.1. The van der Waals surface area contributed by atoms with Crippen LogP contribution in [0.4, 0.5) is 21.8 Å². The summed E-state index contributed by atoms with van der Waals surface area (Å²) in [7, 11) is 1.50. The Morgan fingerprint density at radius 2 is 2.08 bits per heavy atom. The summed E-state index contributed by atoms with van der Waals surface area (Å²) < 4.78 is 18.6. The van der Waals surface area contributed by atoms with E-state index in [-0.39, 0.29) is 24.4 Å². The number of aromatic nitrogens is 2. The van der Waals surface area contributed by atoms with Crippen LogP contribution in [0.25, 0.3) is 0 Å². The zero-order valence-corrected chi connectivity index (χ0v) is 14.6. The van der Waals surface area contributed by atoms with Crippen LogP contribution in [0.5, 0.6) is 0 Å². The molecule has 138 valence electrons. The SMILES string of the molecule is COCC(=O)NC1CCN(c2nccc(Nc3ccccc3F)n2)CC1. The highest BCUT2D eigenvalue weighted by Crippen LogP contribution is 2.21. The van der Waals surface area contributed by atoms with Crippen LogP contribution in [0, 0.1) is 5.82 Å². The summed E-state index contributed by atoms with van der Waals surface area (Å²) in [6.45, 7) is 1.55. The van der Waals surface area contributed by atoms with Crippen LogP contribution in [-0.4, -0.2) is 48.7 Å². The minimum Gasteiger partial charge on any atom is -0.375 e. The molecule has 26 heavy (non-hydrogen) atoms. The summed E-state index contributed by atoms with van der Waals surface area (Å²) in [5.74, 6) is 0.696. The highest BCUT2D eigenvalue weighted by Gasteiger charge is 2.22. The number of hydrogen-bond donors (Lipinski definition) is 2. The van der Waals surface area contributed by atoms with Gasteiger partial charge in [-0.3, -0.25) is 4.79 Å². The van der Waals surface area contributed by atoms with Crippen molar-refractivity contribution in [2.24, 2.45) is 0 Å². The van der Waals surface area contributed by atoms with Crippen LogP contribution in [-0.2, 0) is 9.53 Å². The molecule has 1 fully saturated rings. The summed E-state index contributed by atoms with van der Waals surface area (Å²) in [5.41, 5.74) is 0.372. The number of piperidine rings is 1. The van der Waals surface area contributed by atoms with Gasteiger partial charge in [0.25, 0.3) is 0 Å². The van der Waals surface area contributed by atoms with Gasteiger partial charge in [-0.1, -0.05) is 12.1 Å². The van der Waals surface area contributed by atoms with Crippen molar-refractivity contribution in [2.75, 3.05) is 37.0 Å². The Kier molecular flexibility index (Phi) is 5.96. The molecule has 1 aromatic heterocycles. The first kappa shape index (κ1) is 18.1. The summed E-state index contributed by atoms with van der Waals surface area (Å²) in [4.78, 5) is 22.5. The smallest absolute Gasteiger partial charge is 0.246 e. The number of nitrogens with zero attached hydrogens (tertiary/aromatic N) is 3. The highest BCUT2D eigenvalue weighted by molar-refractivity contribution is 5.77. The number of amides is 1. The van der Waals surface area contributed by atoms with Crippen LogP contribution >= 0.6 is 0 Å². The minimum atomic E-state index is -0.333. The third-order valence-corrected chi connectivity index (χ3v) is 4.20. The standard InChI is InChI=1S/C18H22FN5O2/c1-26-12-17(25)21-13-7-10-24(11-8-13)18-20-9-6-16(23-18)22-15-5-3-2-4-14(15)19/h2-6,9,13H,7-8,10-12H2,1H3,(H,21,25)(H,20,22,23). The van der Waals surface area contributed by atoms with Crippen LogP contribution in [0.1, 0.15) is 12.8 Å². The lowest BCUT2D eigenvalue weighted by Gasteiger charge is -2.32. The van der Waals surface area contributed by atoms with Gasteiger partial charge in [0.05, 0.1) is 5.69 Å². The number of ether oxygens (including phenoxy) is 1. The number of rotatable bonds is 6. The van der Waals surface area contributed by atoms with Gasteiger partial charge in [0, 0.05) is 32.4 Å². The molecule has 2 aromatic rings. The Balaban J connectivity index is 1.59. The molecule has 1 aromatic carbocycles. The second-order valence-electron chi connectivity index (χ2n) is 6.11. The van der Waals surface area contributed by atoms with Crippen molar-refractivity contribution in [1.29, 1.82) is 0 Å². The molecule has 1 saturated heterocycles. The first-order valence-electron chi connectivity index (χ1n) is 8.53. The summed E-state index contributed by atoms with van der Waals surface area (Å²) in [6.07, 6.45) is 3.27. The van der Waals surface area contributed by atoms with Crippen LogP contribution in [0.2, 0.25) is 0 Å². The molecule has 0 radical (unpaired) electrons. The van der Waals surface area contributed by atoms with E-state index in [9.17, 15) is 9.18 Å². The van der Waals surface area contributed by atoms with E-state index < -0.39 is 0 Å². The number of carbonyl (C=O) groups is 1. The normalized spacial score (nSPS) is 14.9. The number of anilines is 3. The largest absolute Gasteiger partial charge is 0.375 e. The molecular weight excluding hydrogens is 337 g/mol. The van der Waals surface area contributed by atoms with Crippen molar-refractivity contribution in [3.8, 4) is 0 Å². The fourth-order valence-electron chi connectivity index (χ4n) is 2.90. The van der Waals surface area contributed by atoms with E-state index in [1.54, 1.807) is 30.5 Å². The van der Waals surface area contributed by atoms with Crippen molar-refractivity contribution < 1.29 is 13.9 Å². The van der Waals surface area contributed by atoms with Gasteiger partial charge < -0.3 is 20.3 Å². The maximum Gasteiger partial charge on any atom is 0.246 e. The van der Waals surface area contributed by atoms with Gasteiger partial charge >= 0.3 is 0 Å². The second kappa shape index (κ2) is 8.57. The zero-order chi connectivity index (χ0) is 18.4. The zero-order valence-electron chi connectivity index (χ0n) is 14.6. The van der Waals surface area contributed by atoms with Gasteiger partial charge in [-0.15, -0.1) is 0 Å². The summed E-state index contributed by atoms with van der Waals surface area (Å²) in [6, 6.07) is 8.29. The van der Waals surface area contributed by atoms with Crippen LogP contribution < -0.4 is 15.5 Å². The van der Waals surface area contributed by atoms with Gasteiger partial charge in [0.15, 0.2) is 0 Å². The number of para-hydroxylation sites is 1. The molecule has 0 saturated carbocycles. The lowest BCUT2D eigenvalue weighted by atomic mass is 10.1. The van der Waals surface area contributed by atoms with Gasteiger partial charge in [0.2, 0.25) is 11.9 Å². The molecular formula is C18H22FN5O2. The number of methoxy groups -OCH3 is 1. The number of carbonyl (C=O) groups excluding carboxylic acids is 1. The first-order chi connectivity index (χ1) is 12.7. The molecule has 1 aliphatic heterocycles. The molecule has 8 heteroatoms. The second-order valence-corrected chi connectivity index (χ2v) is 6.11. The average Bonchev–Trinajstić information content (AvgIpc) is 2.65. The number of nitrogens with one attached hydrogen (secondary N) is 2. The molecule has 1 aliphatic rings. The molecule has 2 heterocycles. The van der Waals surface area contributed by atoms with Gasteiger partial charge in [-0.2, -0.15) is 4.98 Å². The molecule has 0 spiro atoms. The van der Waals surface area contributed by atoms with E-state index in [0.717, 1.165) is 25.9 Å². The number of halogens is 1. The third-order valence-electron chi connectivity index (χ3n) is 4.20. The number of benzene rings is 1. The molecule has 1 amide bonds. The first-order valence-corrected chi connectivity index (χ1v) is 8.53. The van der Waals surface area contributed by atoms with Gasteiger partial charge in [0.1, 0.15) is 18.2 Å². The monoisotopic (exact) mass is 359 g/mol. The Morgan fingerprint density at radius 1 is 1.31 bits per heavy atom. The van der Waals surface area contributed by atoms with Crippen molar-refractivity contribution >= 4 is 23.4 Å². The maximum absolute atomic E-state index is 13.8. The van der Waals surface area contributed by atoms with Crippen LogP contribution in [0.15, 0.2) is 36.5 Å². The molecule has 3 rings (SSSR count). The predicted octanol–water partition coefficient (Wildman–Crippen LogP) is 2.09. The molecule has 0 bridgehead atoms. The Morgan fingerprint density at radius 3 is 2.81 bits per heavy atom. The van der Waals surface area contributed by atoms with E-state index in [2.05, 4.69) is 25.5 Å². The fraction of sp³-hybridized carbons (Fsp3) is 0.389. The van der Waals surface area contributed by atoms with Crippen molar-refractivity contribution in [1.82, 2.24) is 15.3 Å². The van der Waals surface area contributed by atoms with E-state index in [1.807, 2.05) is 0 Å².